The van der Waals surface area contributed by atoms with Crippen LogP contribution < -0.4 is 11.0 Å². The van der Waals surface area contributed by atoms with Crippen LogP contribution in [-0.4, -0.2) is 64.6 Å². The topological polar surface area (TPSA) is 96.7 Å². The number of aryl methyl sites for hydroxylation is 2. The first-order chi connectivity index (χ1) is 15.7. The molecule has 0 bridgehead atoms. The van der Waals surface area contributed by atoms with Crippen LogP contribution in [0, 0.1) is 0 Å². The molecule has 2 aromatic carbocycles. The molecule has 10 heteroatoms. The predicted molar refractivity (Wildman–Crippen MR) is 129 cm³/mol. The van der Waals surface area contributed by atoms with Crippen LogP contribution in [0.15, 0.2) is 47.3 Å². The zero-order valence-electron chi connectivity index (χ0n) is 19.1. The molecular weight excluding hydrogens is 442 g/mol. The van der Waals surface area contributed by atoms with Crippen LogP contribution >= 0.6 is 0 Å². The largest absolute Gasteiger partial charge is 0.328 e. The quantitative estimate of drug-likeness (QED) is 0.589. The Labute approximate surface area is 193 Å². The lowest BCUT2D eigenvalue weighted by Gasteiger charge is -2.33. The highest BCUT2D eigenvalue weighted by molar-refractivity contribution is 7.89. The van der Waals surface area contributed by atoms with E-state index in [1.54, 1.807) is 52.7 Å². The molecule has 0 spiro atoms. The third-order valence-corrected chi connectivity index (χ3v) is 8.10. The smallest absolute Gasteiger partial charge is 0.322 e. The van der Waals surface area contributed by atoms with E-state index in [9.17, 15) is 18.0 Å². The molecule has 1 aliphatic rings. The highest BCUT2D eigenvalue weighted by Gasteiger charge is 2.25. The molecule has 3 aromatic rings. The number of rotatable bonds is 6. The van der Waals surface area contributed by atoms with E-state index in [0.29, 0.717) is 44.0 Å². The van der Waals surface area contributed by atoms with Crippen molar-refractivity contribution in [3.63, 3.8) is 0 Å². The molecule has 33 heavy (non-hydrogen) atoms. The van der Waals surface area contributed by atoms with E-state index in [-0.39, 0.29) is 17.3 Å². The van der Waals surface area contributed by atoms with Crippen LogP contribution in [-0.2, 0) is 30.7 Å². The number of imidazole rings is 1. The second-order valence-electron chi connectivity index (χ2n) is 8.33. The Balaban J connectivity index is 1.43. The number of benzene rings is 2. The van der Waals surface area contributed by atoms with Gasteiger partial charge in [0, 0.05) is 58.1 Å². The van der Waals surface area contributed by atoms with Crippen molar-refractivity contribution < 1.29 is 13.2 Å². The fourth-order valence-electron chi connectivity index (χ4n) is 4.21. The lowest BCUT2D eigenvalue weighted by molar-refractivity contribution is 0.102. The predicted octanol–water partition coefficient (Wildman–Crippen LogP) is 1.60. The number of hydrogen-bond acceptors (Lipinski definition) is 5. The SMILES string of the molecule is CCS(=O)(=O)N1CCN(Cc2cccc(C(=O)Nc3ccc4c(c3)n(C)c(=O)n4C)c2)CC1. The number of hydrogen-bond donors (Lipinski definition) is 1. The number of carbonyl (C=O) groups is 1. The third kappa shape index (κ3) is 4.73. The fourth-order valence-corrected chi connectivity index (χ4v) is 5.29. The fraction of sp³-hybridized carbons (Fsp3) is 0.391. The van der Waals surface area contributed by atoms with E-state index in [0.717, 1.165) is 16.6 Å². The number of fused-ring (bicyclic) bond motifs is 1. The first-order valence-corrected chi connectivity index (χ1v) is 12.6. The van der Waals surface area contributed by atoms with Crippen molar-refractivity contribution in [1.82, 2.24) is 18.3 Å². The van der Waals surface area contributed by atoms with E-state index in [4.69, 9.17) is 0 Å². The van der Waals surface area contributed by atoms with Crippen LogP contribution in [0.1, 0.15) is 22.8 Å². The van der Waals surface area contributed by atoms with E-state index in [1.807, 2.05) is 24.3 Å². The molecule has 176 valence electrons. The van der Waals surface area contributed by atoms with Crippen molar-refractivity contribution in [2.24, 2.45) is 14.1 Å². The van der Waals surface area contributed by atoms with Crippen molar-refractivity contribution in [3.8, 4) is 0 Å². The number of aromatic nitrogens is 2. The van der Waals surface area contributed by atoms with Crippen molar-refractivity contribution in [2.75, 3.05) is 37.2 Å². The molecule has 1 saturated heterocycles. The lowest BCUT2D eigenvalue weighted by atomic mass is 10.1. The summed E-state index contributed by atoms with van der Waals surface area (Å²) in [6.45, 7) is 4.61. The lowest BCUT2D eigenvalue weighted by Crippen LogP contribution is -2.48. The van der Waals surface area contributed by atoms with Gasteiger partial charge in [-0.2, -0.15) is 4.31 Å². The molecule has 1 aromatic heterocycles. The van der Waals surface area contributed by atoms with Crippen molar-refractivity contribution in [1.29, 1.82) is 0 Å². The second-order valence-corrected chi connectivity index (χ2v) is 10.6. The van der Waals surface area contributed by atoms with E-state index in [2.05, 4.69) is 10.2 Å². The minimum absolute atomic E-state index is 0.116. The molecule has 9 nitrogen and oxygen atoms in total. The van der Waals surface area contributed by atoms with Crippen molar-refractivity contribution in [2.45, 2.75) is 13.5 Å². The van der Waals surface area contributed by atoms with Crippen LogP contribution in [0.3, 0.4) is 0 Å². The Hall–Kier alpha value is -2.95. The zero-order valence-corrected chi connectivity index (χ0v) is 19.9. The maximum atomic E-state index is 12.9. The summed E-state index contributed by atoms with van der Waals surface area (Å²) in [5.41, 5.74) is 3.59. The van der Waals surface area contributed by atoms with Gasteiger partial charge in [0.25, 0.3) is 5.91 Å². The summed E-state index contributed by atoms with van der Waals surface area (Å²) in [7, 11) is 0.276. The Morgan fingerprint density at radius 2 is 1.67 bits per heavy atom. The summed E-state index contributed by atoms with van der Waals surface area (Å²) in [5.74, 6) is -0.103. The maximum Gasteiger partial charge on any atom is 0.328 e. The van der Waals surface area contributed by atoms with Gasteiger partial charge in [0.05, 0.1) is 16.8 Å². The minimum Gasteiger partial charge on any atom is -0.322 e. The number of carbonyl (C=O) groups excluding carboxylic acids is 1. The Morgan fingerprint density at radius 3 is 2.36 bits per heavy atom. The van der Waals surface area contributed by atoms with E-state index >= 15 is 0 Å². The van der Waals surface area contributed by atoms with Crippen molar-refractivity contribution >= 4 is 32.7 Å². The summed E-state index contributed by atoms with van der Waals surface area (Å²) in [4.78, 5) is 27.2. The molecule has 1 N–H and O–H groups in total. The first-order valence-electron chi connectivity index (χ1n) is 11.0. The summed E-state index contributed by atoms with van der Waals surface area (Å²) in [6.07, 6.45) is 0. The third-order valence-electron chi connectivity index (χ3n) is 6.21. The summed E-state index contributed by atoms with van der Waals surface area (Å²) < 4.78 is 28.8. The molecule has 2 heterocycles. The molecule has 0 saturated carbocycles. The average Bonchev–Trinajstić information content (AvgIpc) is 3.03. The van der Waals surface area contributed by atoms with Gasteiger partial charge in [-0.1, -0.05) is 12.1 Å². The van der Waals surface area contributed by atoms with E-state index < -0.39 is 10.0 Å². The van der Waals surface area contributed by atoms with Crippen LogP contribution in [0.5, 0.6) is 0 Å². The van der Waals surface area contributed by atoms with Crippen LogP contribution in [0.4, 0.5) is 5.69 Å². The number of amides is 1. The molecular formula is C23H29N5O4S. The number of sulfonamides is 1. The average molecular weight is 472 g/mol. The Bertz CT molecular complexity index is 1350. The summed E-state index contributed by atoms with van der Waals surface area (Å²) in [5, 5.41) is 2.92. The number of nitrogens with zero attached hydrogens (tertiary/aromatic N) is 4. The van der Waals surface area contributed by atoms with E-state index in [1.165, 1.54) is 0 Å². The summed E-state index contributed by atoms with van der Waals surface area (Å²) in [6, 6.07) is 12.9. The normalized spacial score (nSPS) is 15.7. The first kappa shape index (κ1) is 23.2. The monoisotopic (exact) mass is 471 g/mol. The van der Waals surface area contributed by atoms with Gasteiger partial charge in [0.15, 0.2) is 0 Å². The molecule has 4 rings (SSSR count). The molecule has 1 fully saturated rings. The van der Waals surface area contributed by atoms with Gasteiger partial charge >= 0.3 is 5.69 Å². The summed E-state index contributed by atoms with van der Waals surface area (Å²) >= 11 is 0. The Morgan fingerprint density at radius 1 is 0.970 bits per heavy atom. The maximum absolute atomic E-state index is 12.9. The molecule has 1 aliphatic heterocycles. The van der Waals surface area contributed by atoms with Gasteiger partial charge in [-0.15, -0.1) is 0 Å². The number of piperazine rings is 1. The second kappa shape index (κ2) is 9.12. The van der Waals surface area contributed by atoms with Gasteiger partial charge in [0.1, 0.15) is 0 Å². The van der Waals surface area contributed by atoms with Gasteiger partial charge in [-0.05, 0) is 42.8 Å². The standard InChI is InChI=1S/C23H29N5O4S/c1-4-33(31,32)28-12-10-27(11-13-28)16-17-6-5-7-18(14-17)22(29)24-19-8-9-20-21(15-19)26(3)23(30)25(20)2/h5-9,14-15H,4,10-13,16H2,1-3H3,(H,24,29). The van der Waals surface area contributed by atoms with Gasteiger partial charge < -0.3 is 5.32 Å². The van der Waals surface area contributed by atoms with Crippen LogP contribution in [0.25, 0.3) is 11.0 Å². The highest BCUT2D eigenvalue weighted by Crippen LogP contribution is 2.19. The van der Waals surface area contributed by atoms with Gasteiger partial charge in [0.2, 0.25) is 10.0 Å². The van der Waals surface area contributed by atoms with Crippen molar-refractivity contribution in [3.05, 3.63) is 64.1 Å². The molecule has 0 atom stereocenters. The molecule has 1 amide bonds. The number of anilines is 1. The molecule has 0 unspecified atom stereocenters. The number of nitrogens with one attached hydrogen (secondary N) is 1. The minimum atomic E-state index is -3.15. The zero-order chi connectivity index (χ0) is 23.8. The highest BCUT2D eigenvalue weighted by atomic mass is 32.2. The van der Waals surface area contributed by atoms with Gasteiger partial charge in [-0.25, -0.2) is 13.2 Å². The molecule has 0 aliphatic carbocycles. The molecule has 0 radical (unpaired) electrons. The van der Waals surface area contributed by atoms with Gasteiger partial charge in [-0.3, -0.25) is 18.8 Å². The Kier molecular flexibility index (Phi) is 6.42. The van der Waals surface area contributed by atoms with Crippen LogP contribution in [0.2, 0.25) is 0 Å².